The Morgan fingerprint density at radius 3 is 2.12 bits per heavy atom. The van der Waals surface area contributed by atoms with E-state index in [9.17, 15) is 29.1 Å². The molecule has 0 spiro atoms. The van der Waals surface area contributed by atoms with Gasteiger partial charge in [0.05, 0.1) is 6.04 Å². The summed E-state index contributed by atoms with van der Waals surface area (Å²) in [6.07, 6.45) is 2.24. The van der Waals surface area contributed by atoms with Crippen LogP contribution in [0.2, 0.25) is 0 Å². The van der Waals surface area contributed by atoms with Crippen molar-refractivity contribution < 1.29 is 34.2 Å². The van der Waals surface area contributed by atoms with Crippen molar-refractivity contribution in [1.82, 2.24) is 20.9 Å². The molecule has 0 bridgehead atoms. The fourth-order valence-corrected chi connectivity index (χ4v) is 4.13. The van der Waals surface area contributed by atoms with E-state index in [-0.39, 0.29) is 25.2 Å². The summed E-state index contributed by atoms with van der Waals surface area (Å²) in [5, 5.41) is 27.2. The number of fused-ring (bicyclic) bond motifs is 1. The Balaban J connectivity index is 2.32. The highest BCUT2D eigenvalue weighted by atomic mass is 16.4. The molecule has 0 aliphatic carbocycles. The van der Waals surface area contributed by atoms with E-state index in [1.54, 1.807) is 20.0 Å². The van der Waals surface area contributed by atoms with Gasteiger partial charge in [0, 0.05) is 29.9 Å². The van der Waals surface area contributed by atoms with Crippen molar-refractivity contribution in [2.24, 2.45) is 17.4 Å². The summed E-state index contributed by atoms with van der Waals surface area (Å²) in [5.41, 5.74) is 12.9. The highest BCUT2D eigenvalue weighted by Gasteiger charge is 2.31. The lowest BCUT2D eigenvalue weighted by Crippen LogP contribution is -2.58. The average Bonchev–Trinajstić information content (AvgIpc) is 3.31. The molecular formula is C27H40N6O7. The third-order valence-corrected chi connectivity index (χ3v) is 6.59. The Morgan fingerprint density at radius 2 is 1.50 bits per heavy atom. The van der Waals surface area contributed by atoms with Gasteiger partial charge in [-0.25, -0.2) is 4.79 Å². The molecule has 13 nitrogen and oxygen atoms in total. The predicted octanol–water partition coefficient (Wildman–Crippen LogP) is 0.227. The smallest absolute Gasteiger partial charge is 0.326 e. The largest absolute Gasteiger partial charge is 0.481 e. The maximum atomic E-state index is 13.4. The average molecular weight is 561 g/mol. The summed E-state index contributed by atoms with van der Waals surface area (Å²) < 4.78 is 0. The lowest BCUT2D eigenvalue weighted by molar-refractivity contribution is -0.142. The predicted molar refractivity (Wildman–Crippen MR) is 148 cm³/mol. The van der Waals surface area contributed by atoms with Gasteiger partial charge in [-0.1, -0.05) is 32.0 Å². The molecule has 13 heteroatoms. The quantitative estimate of drug-likeness (QED) is 0.124. The van der Waals surface area contributed by atoms with Gasteiger partial charge in [0.15, 0.2) is 0 Å². The van der Waals surface area contributed by atoms with E-state index in [2.05, 4.69) is 20.9 Å². The van der Waals surface area contributed by atoms with E-state index in [1.807, 2.05) is 24.3 Å². The van der Waals surface area contributed by atoms with Crippen LogP contribution in [0.25, 0.3) is 10.9 Å². The standard InChI is InChI=1S/C27H40N6O7/c1-15(2)23(29)26(38)31-19(10-11-22(34)35)24(36)33-21(13-16-14-30-18-8-4-3-7-17(16)18)25(37)32-20(27(39)40)9-5-6-12-28/h3-4,7-8,14-15,19-21,23,30H,5-6,9-13,28-29H2,1-2H3,(H,31,38)(H,32,37)(H,33,36)(H,34,35)(H,39,40). The summed E-state index contributed by atoms with van der Waals surface area (Å²) in [4.78, 5) is 65.4. The van der Waals surface area contributed by atoms with Gasteiger partial charge in [-0.15, -0.1) is 0 Å². The second kappa shape index (κ2) is 15.6. The van der Waals surface area contributed by atoms with Crippen LogP contribution in [-0.4, -0.2) is 75.6 Å². The van der Waals surface area contributed by atoms with Crippen LogP contribution in [0, 0.1) is 5.92 Å². The summed E-state index contributed by atoms with van der Waals surface area (Å²) in [5.74, 6) is -4.80. The number of hydrogen-bond acceptors (Lipinski definition) is 7. The van der Waals surface area contributed by atoms with Crippen LogP contribution in [0.5, 0.6) is 0 Å². The summed E-state index contributed by atoms with van der Waals surface area (Å²) in [7, 11) is 0. The van der Waals surface area contributed by atoms with Crippen LogP contribution in [0.1, 0.15) is 51.5 Å². The van der Waals surface area contributed by atoms with E-state index in [0.717, 1.165) is 10.9 Å². The molecule has 0 saturated carbocycles. The van der Waals surface area contributed by atoms with Crippen LogP contribution >= 0.6 is 0 Å². The van der Waals surface area contributed by atoms with Gasteiger partial charge in [0.25, 0.3) is 0 Å². The molecule has 1 aromatic heterocycles. The zero-order valence-electron chi connectivity index (χ0n) is 22.8. The number of H-pyrrole nitrogens is 1. The highest BCUT2D eigenvalue weighted by Crippen LogP contribution is 2.19. The number of carboxylic acids is 2. The molecular weight excluding hydrogens is 520 g/mol. The van der Waals surface area contributed by atoms with Crippen LogP contribution in [0.3, 0.4) is 0 Å². The van der Waals surface area contributed by atoms with Crippen LogP contribution in [0.15, 0.2) is 30.5 Å². The Bertz CT molecular complexity index is 1180. The molecule has 0 fully saturated rings. The summed E-state index contributed by atoms with van der Waals surface area (Å²) in [6.45, 7) is 3.83. The van der Waals surface area contributed by atoms with E-state index < -0.39 is 60.2 Å². The molecule has 10 N–H and O–H groups in total. The number of benzene rings is 1. The van der Waals surface area contributed by atoms with Crippen molar-refractivity contribution in [3.05, 3.63) is 36.0 Å². The molecule has 2 aromatic rings. The van der Waals surface area contributed by atoms with Gasteiger partial charge in [-0.2, -0.15) is 0 Å². The molecule has 0 radical (unpaired) electrons. The Hall–Kier alpha value is -3.97. The molecule has 2 rings (SSSR count). The number of para-hydroxylation sites is 1. The van der Waals surface area contributed by atoms with Crippen molar-refractivity contribution >= 4 is 40.6 Å². The maximum Gasteiger partial charge on any atom is 0.326 e. The van der Waals surface area contributed by atoms with Crippen LogP contribution < -0.4 is 27.4 Å². The molecule has 4 unspecified atom stereocenters. The molecule has 1 aromatic carbocycles. The SMILES string of the molecule is CC(C)C(N)C(=O)NC(CCC(=O)O)C(=O)NC(Cc1c[nH]c2ccccc12)C(=O)NC(CCCCN)C(=O)O. The first-order valence-electron chi connectivity index (χ1n) is 13.3. The number of hydrogen-bond donors (Lipinski definition) is 8. The number of aliphatic carboxylic acids is 2. The van der Waals surface area contributed by atoms with Gasteiger partial charge < -0.3 is 42.6 Å². The molecule has 0 aliphatic heterocycles. The minimum absolute atomic E-state index is 0.00182. The lowest BCUT2D eigenvalue weighted by Gasteiger charge is -2.25. The van der Waals surface area contributed by atoms with E-state index in [0.29, 0.717) is 24.9 Å². The number of amides is 3. The number of carbonyl (C=O) groups excluding carboxylic acids is 3. The number of aromatic amines is 1. The van der Waals surface area contributed by atoms with E-state index in [4.69, 9.17) is 16.6 Å². The van der Waals surface area contributed by atoms with E-state index >= 15 is 0 Å². The maximum absolute atomic E-state index is 13.4. The number of rotatable bonds is 17. The molecule has 3 amide bonds. The number of nitrogens with one attached hydrogen (secondary N) is 4. The van der Waals surface area contributed by atoms with Gasteiger partial charge in [0.1, 0.15) is 18.1 Å². The third-order valence-electron chi connectivity index (χ3n) is 6.59. The second-order valence-corrected chi connectivity index (χ2v) is 10.1. The lowest BCUT2D eigenvalue weighted by atomic mass is 10.0. The van der Waals surface area contributed by atoms with Crippen molar-refractivity contribution in [3.8, 4) is 0 Å². The molecule has 220 valence electrons. The number of aromatic nitrogens is 1. The zero-order chi connectivity index (χ0) is 29.8. The first-order valence-corrected chi connectivity index (χ1v) is 13.3. The van der Waals surface area contributed by atoms with Crippen molar-refractivity contribution in [3.63, 3.8) is 0 Å². The van der Waals surface area contributed by atoms with E-state index in [1.165, 1.54) is 0 Å². The topological polar surface area (TPSA) is 230 Å². The van der Waals surface area contributed by atoms with Crippen molar-refractivity contribution in [1.29, 1.82) is 0 Å². The molecule has 40 heavy (non-hydrogen) atoms. The number of nitrogens with two attached hydrogens (primary N) is 2. The minimum atomic E-state index is -1.29. The van der Waals surface area contributed by atoms with Gasteiger partial charge >= 0.3 is 11.9 Å². The Labute approximate surface area is 232 Å². The van der Waals surface area contributed by atoms with Crippen LogP contribution in [0.4, 0.5) is 0 Å². The summed E-state index contributed by atoms with van der Waals surface area (Å²) in [6, 6.07) is 2.69. The molecule has 0 saturated heterocycles. The number of carbonyl (C=O) groups is 5. The minimum Gasteiger partial charge on any atom is -0.481 e. The Kier molecular flexibility index (Phi) is 12.6. The van der Waals surface area contributed by atoms with Gasteiger partial charge in [-0.05, 0) is 49.8 Å². The number of unbranched alkanes of at least 4 members (excludes halogenated alkanes) is 1. The zero-order valence-corrected chi connectivity index (χ0v) is 22.8. The van der Waals surface area contributed by atoms with Gasteiger partial charge in [0.2, 0.25) is 17.7 Å². The first-order chi connectivity index (χ1) is 18.9. The molecule has 0 aliphatic rings. The molecule has 1 heterocycles. The Morgan fingerprint density at radius 1 is 0.875 bits per heavy atom. The van der Waals surface area contributed by atoms with Gasteiger partial charge in [-0.3, -0.25) is 19.2 Å². The van der Waals surface area contributed by atoms with Crippen LogP contribution in [-0.2, 0) is 30.4 Å². The normalized spacial score (nSPS) is 14.2. The fourth-order valence-electron chi connectivity index (χ4n) is 4.13. The molecule has 4 atom stereocenters. The first kappa shape index (κ1) is 32.2. The van der Waals surface area contributed by atoms with Crippen molar-refractivity contribution in [2.45, 2.75) is 76.5 Å². The summed E-state index contributed by atoms with van der Waals surface area (Å²) >= 11 is 0. The second-order valence-electron chi connectivity index (χ2n) is 10.1. The van der Waals surface area contributed by atoms with Crippen molar-refractivity contribution in [2.75, 3.05) is 6.54 Å². The third kappa shape index (κ3) is 9.65. The monoisotopic (exact) mass is 560 g/mol. The number of carboxylic acid groups (broad SMARTS) is 2. The fraction of sp³-hybridized carbons (Fsp3) is 0.519. The highest BCUT2D eigenvalue weighted by molar-refractivity contribution is 5.95.